The van der Waals surface area contributed by atoms with E-state index in [1.807, 2.05) is 60.7 Å². The van der Waals surface area contributed by atoms with E-state index in [0.29, 0.717) is 0 Å². The summed E-state index contributed by atoms with van der Waals surface area (Å²) in [5, 5.41) is 3.34. The molecule has 0 radical (unpaired) electrons. The van der Waals surface area contributed by atoms with E-state index < -0.39 is 0 Å². The van der Waals surface area contributed by atoms with Crippen LogP contribution in [0.15, 0.2) is 77.2 Å². The molecule has 0 N–H and O–H groups in total. The summed E-state index contributed by atoms with van der Waals surface area (Å²) in [6, 6.07) is 24.3. The Morgan fingerprint density at radius 2 is 1.52 bits per heavy atom. The molecule has 0 atom stereocenters. The number of methoxy groups -OCH3 is 1. The summed E-state index contributed by atoms with van der Waals surface area (Å²) in [5.74, 6) is 0.824. The number of hydrogen-bond donors (Lipinski definition) is 0. The third-order valence-electron chi connectivity index (χ3n) is 4.58. The fourth-order valence-electron chi connectivity index (χ4n) is 3.38. The Hall–Kier alpha value is -3.33. The van der Waals surface area contributed by atoms with Crippen molar-refractivity contribution in [2.75, 3.05) is 7.11 Å². The van der Waals surface area contributed by atoms with Crippen LogP contribution in [-0.4, -0.2) is 12.1 Å². The Morgan fingerprint density at radius 1 is 0.800 bits per heavy atom. The summed E-state index contributed by atoms with van der Waals surface area (Å²) in [6.07, 6.45) is 0. The van der Waals surface area contributed by atoms with Crippen molar-refractivity contribution in [1.82, 2.24) is 4.98 Å². The van der Waals surface area contributed by atoms with E-state index in [1.54, 1.807) is 7.11 Å². The van der Waals surface area contributed by atoms with E-state index >= 15 is 0 Å². The highest BCUT2D eigenvalue weighted by Crippen LogP contribution is 2.39. The number of nitrogens with zero attached hydrogens (tertiary/aromatic N) is 1. The highest BCUT2D eigenvalue weighted by molar-refractivity contribution is 6.20. The highest BCUT2D eigenvalue weighted by Gasteiger charge is 2.17. The van der Waals surface area contributed by atoms with E-state index in [1.165, 1.54) is 0 Å². The number of rotatable bonds is 2. The fourth-order valence-corrected chi connectivity index (χ4v) is 3.38. The maximum atomic E-state index is 6.21. The van der Waals surface area contributed by atoms with Crippen LogP contribution in [0.2, 0.25) is 0 Å². The summed E-state index contributed by atoms with van der Waals surface area (Å²) in [6.45, 7) is 0. The van der Waals surface area contributed by atoms with E-state index in [9.17, 15) is 0 Å². The van der Waals surface area contributed by atoms with Crippen LogP contribution in [0.4, 0.5) is 0 Å². The van der Waals surface area contributed by atoms with Gasteiger partial charge in [-0.05, 0) is 36.4 Å². The van der Waals surface area contributed by atoms with Gasteiger partial charge in [0, 0.05) is 21.7 Å². The van der Waals surface area contributed by atoms with Gasteiger partial charge >= 0.3 is 0 Å². The van der Waals surface area contributed by atoms with Gasteiger partial charge in [0.05, 0.1) is 12.6 Å². The third-order valence-corrected chi connectivity index (χ3v) is 4.58. The smallest absolute Gasteiger partial charge is 0.162 e. The third kappa shape index (κ3) is 2.09. The van der Waals surface area contributed by atoms with Gasteiger partial charge in [0.25, 0.3) is 0 Å². The number of fused-ring (bicyclic) bond motifs is 5. The van der Waals surface area contributed by atoms with Crippen molar-refractivity contribution >= 4 is 32.8 Å². The molecule has 0 saturated carbocycles. The second kappa shape index (κ2) is 5.35. The van der Waals surface area contributed by atoms with Crippen LogP contribution in [0, 0.1) is 0 Å². The van der Waals surface area contributed by atoms with Gasteiger partial charge in [-0.3, -0.25) is 0 Å². The van der Waals surface area contributed by atoms with Crippen LogP contribution in [0.1, 0.15) is 0 Å². The molecule has 5 rings (SSSR count). The Labute approximate surface area is 144 Å². The molecule has 0 aliphatic rings. The minimum Gasteiger partial charge on any atom is -0.497 e. The predicted octanol–water partition coefficient (Wildman–Crippen LogP) is 5.81. The van der Waals surface area contributed by atoms with Crippen molar-refractivity contribution in [3.05, 3.63) is 72.8 Å². The minimum atomic E-state index is 0.824. The molecule has 3 aromatic carbocycles. The molecule has 0 spiro atoms. The SMILES string of the molecule is COc1ccc(-c2nc3ccccc3c3c2oc2ccccc23)cc1. The molecule has 0 aliphatic carbocycles. The predicted molar refractivity (Wildman–Crippen MR) is 101 cm³/mol. The lowest BCUT2D eigenvalue weighted by molar-refractivity contribution is 0.415. The van der Waals surface area contributed by atoms with Crippen LogP contribution < -0.4 is 4.74 Å². The average molecular weight is 325 g/mol. The largest absolute Gasteiger partial charge is 0.497 e. The average Bonchev–Trinajstić information content (AvgIpc) is 3.07. The second-order valence-electron chi connectivity index (χ2n) is 6.01. The minimum absolute atomic E-state index is 0.824. The Morgan fingerprint density at radius 3 is 2.32 bits per heavy atom. The van der Waals surface area contributed by atoms with Crippen molar-refractivity contribution in [1.29, 1.82) is 0 Å². The van der Waals surface area contributed by atoms with Crippen LogP contribution in [0.3, 0.4) is 0 Å². The molecule has 3 heteroatoms. The van der Waals surface area contributed by atoms with Gasteiger partial charge in [0.2, 0.25) is 0 Å². The monoisotopic (exact) mass is 325 g/mol. The molecule has 0 bridgehead atoms. The highest BCUT2D eigenvalue weighted by atomic mass is 16.5. The molecule has 120 valence electrons. The van der Waals surface area contributed by atoms with Gasteiger partial charge in [-0.2, -0.15) is 0 Å². The lowest BCUT2D eigenvalue weighted by Crippen LogP contribution is -1.88. The number of ether oxygens (including phenoxy) is 1. The zero-order chi connectivity index (χ0) is 16.8. The van der Waals surface area contributed by atoms with E-state index in [0.717, 1.165) is 49.8 Å². The molecule has 0 saturated heterocycles. The van der Waals surface area contributed by atoms with Gasteiger partial charge in [-0.15, -0.1) is 0 Å². The van der Waals surface area contributed by atoms with Gasteiger partial charge in [0.15, 0.2) is 5.58 Å². The van der Waals surface area contributed by atoms with Crippen molar-refractivity contribution in [2.24, 2.45) is 0 Å². The number of pyridine rings is 1. The molecule has 0 amide bonds. The second-order valence-corrected chi connectivity index (χ2v) is 6.01. The molecule has 0 unspecified atom stereocenters. The topological polar surface area (TPSA) is 35.3 Å². The van der Waals surface area contributed by atoms with Crippen molar-refractivity contribution < 1.29 is 9.15 Å². The molecular formula is C22H15NO2. The van der Waals surface area contributed by atoms with Gasteiger partial charge < -0.3 is 9.15 Å². The van der Waals surface area contributed by atoms with Gasteiger partial charge in [-0.25, -0.2) is 4.98 Å². The molecule has 5 aromatic rings. The molecular weight excluding hydrogens is 310 g/mol. The lowest BCUT2D eigenvalue weighted by Gasteiger charge is -2.07. The first-order chi connectivity index (χ1) is 12.3. The first-order valence-corrected chi connectivity index (χ1v) is 8.19. The Kier molecular flexibility index (Phi) is 3.01. The zero-order valence-electron chi connectivity index (χ0n) is 13.7. The van der Waals surface area contributed by atoms with Crippen LogP contribution in [0.25, 0.3) is 44.1 Å². The number of aromatic nitrogens is 1. The quantitative estimate of drug-likeness (QED) is 0.411. The molecule has 25 heavy (non-hydrogen) atoms. The number of para-hydroxylation sites is 2. The maximum Gasteiger partial charge on any atom is 0.162 e. The summed E-state index contributed by atoms with van der Waals surface area (Å²) in [7, 11) is 1.67. The number of furan rings is 1. The molecule has 0 aliphatic heterocycles. The maximum absolute atomic E-state index is 6.21. The Bertz CT molecular complexity index is 1220. The van der Waals surface area contributed by atoms with E-state index in [2.05, 4.69) is 12.1 Å². The molecule has 0 fully saturated rings. The Balaban J connectivity index is 1.94. The van der Waals surface area contributed by atoms with E-state index in [-0.39, 0.29) is 0 Å². The molecule has 2 heterocycles. The summed E-state index contributed by atoms with van der Waals surface area (Å²) < 4.78 is 11.5. The van der Waals surface area contributed by atoms with Crippen LogP contribution in [-0.2, 0) is 0 Å². The van der Waals surface area contributed by atoms with Crippen molar-refractivity contribution in [2.45, 2.75) is 0 Å². The van der Waals surface area contributed by atoms with Crippen molar-refractivity contribution in [3.8, 4) is 17.0 Å². The first kappa shape index (κ1) is 14.1. The summed E-state index contributed by atoms with van der Waals surface area (Å²) >= 11 is 0. The fraction of sp³-hybridized carbons (Fsp3) is 0.0455. The van der Waals surface area contributed by atoms with Gasteiger partial charge in [-0.1, -0.05) is 36.4 Å². The summed E-state index contributed by atoms with van der Waals surface area (Å²) in [5.41, 5.74) is 4.53. The van der Waals surface area contributed by atoms with Crippen molar-refractivity contribution in [3.63, 3.8) is 0 Å². The zero-order valence-corrected chi connectivity index (χ0v) is 13.7. The molecule has 2 aromatic heterocycles. The van der Waals surface area contributed by atoms with E-state index in [4.69, 9.17) is 14.1 Å². The summed E-state index contributed by atoms with van der Waals surface area (Å²) in [4.78, 5) is 4.89. The normalized spacial score (nSPS) is 11.4. The number of hydrogen-bond acceptors (Lipinski definition) is 3. The lowest BCUT2D eigenvalue weighted by atomic mass is 10.0. The number of benzene rings is 3. The van der Waals surface area contributed by atoms with Crippen LogP contribution >= 0.6 is 0 Å². The van der Waals surface area contributed by atoms with Crippen LogP contribution in [0.5, 0.6) is 5.75 Å². The first-order valence-electron chi connectivity index (χ1n) is 8.19. The van der Waals surface area contributed by atoms with Gasteiger partial charge in [0.1, 0.15) is 17.0 Å². The molecule has 3 nitrogen and oxygen atoms in total. The standard InChI is InChI=1S/C22H15NO2/c1-24-15-12-10-14(11-13-15)21-22-20(16-6-2-4-8-18(16)23-21)17-7-3-5-9-19(17)25-22/h2-13H,1H3.